The molecule has 1 saturated carbocycles. The molecule has 17 nitrogen and oxygen atoms in total. The molecule has 1 unspecified atom stereocenters. The number of imide groups is 2. The van der Waals surface area contributed by atoms with Gasteiger partial charge in [0.05, 0.1) is 69.1 Å². The second-order valence-corrected chi connectivity index (χ2v) is 16.7. The molecule has 4 aliphatic rings. The summed E-state index contributed by atoms with van der Waals surface area (Å²) < 4.78 is 24.8. The first-order valence-corrected chi connectivity index (χ1v) is 22.3. The molecule has 0 radical (unpaired) electrons. The molecule has 3 aromatic heterocycles. The molecular formula is C47H56N8O9. The molecule has 1 aromatic carbocycles. The molecule has 2 saturated heterocycles. The summed E-state index contributed by atoms with van der Waals surface area (Å²) >= 11 is 0. The number of nitrogens with zero attached hydrogens (tertiary/aromatic N) is 7. The van der Waals surface area contributed by atoms with E-state index in [-0.39, 0.29) is 54.5 Å². The van der Waals surface area contributed by atoms with Crippen LogP contribution in [0.3, 0.4) is 0 Å². The first-order chi connectivity index (χ1) is 31.1. The molecule has 6 heterocycles. The monoisotopic (exact) mass is 876 g/mol. The number of piperidine rings is 1. The number of rotatable bonds is 19. The van der Waals surface area contributed by atoms with Crippen LogP contribution in [0.4, 0.5) is 5.69 Å². The Hall–Kier alpha value is -5.88. The number of allylic oxidation sites excluding steroid dienone is 1. The number of piperazine rings is 1. The normalized spacial score (nSPS) is 18.3. The van der Waals surface area contributed by atoms with E-state index in [0.29, 0.717) is 56.5 Å². The summed E-state index contributed by atoms with van der Waals surface area (Å²) in [6.45, 7) is 15.0. The zero-order chi connectivity index (χ0) is 44.7. The lowest BCUT2D eigenvalue weighted by Gasteiger charge is -2.35. The van der Waals surface area contributed by atoms with Crippen LogP contribution in [0.5, 0.6) is 5.75 Å². The number of hydrogen-bond acceptors (Lipinski definition) is 14. The standard InChI is InChI=1S/C47H56N8O9/c1-30(2)41-31(3)36-29-49-39(50-43(36)54(46(41)59)33-7-4-5-8-33)27-32-11-12-34(28-48-32)53-17-15-52(16-18-53)19-20-61-21-22-62-23-24-63-25-26-64-38-10-6-9-35-42(38)47(60)55(45(35)58)37-13-14-40(56)51-44(37)57/h6,9-12,28-29,33,37H,1,4-5,7-8,13-27H2,2-3H3,(H,51,56,57). The Kier molecular flexibility index (Phi) is 14.2. The second kappa shape index (κ2) is 20.3. The highest BCUT2D eigenvalue weighted by Crippen LogP contribution is 2.34. The first-order valence-electron chi connectivity index (χ1n) is 22.3. The summed E-state index contributed by atoms with van der Waals surface area (Å²) in [6, 6.07) is 8.00. The minimum atomic E-state index is -1.04. The molecule has 64 heavy (non-hydrogen) atoms. The molecule has 3 fully saturated rings. The van der Waals surface area contributed by atoms with Crippen LogP contribution in [-0.4, -0.2) is 138 Å². The number of anilines is 1. The Bertz CT molecular complexity index is 2460. The third kappa shape index (κ3) is 9.77. The highest BCUT2D eigenvalue weighted by molar-refractivity contribution is 6.24. The van der Waals surface area contributed by atoms with Gasteiger partial charge in [0, 0.05) is 68.0 Å². The zero-order valence-electron chi connectivity index (χ0n) is 36.6. The van der Waals surface area contributed by atoms with E-state index in [4.69, 9.17) is 33.9 Å². The van der Waals surface area contributed by atoms with E-state index < -0.39 is 29.7 Å². The first kappa shape index (κ1) is 44.7. The van der Waals surface area contributed by atoms with Crippen LogP contribution in [-0.2, 0) is 30.2 Å². The van der Waals surface area contributed by atoms with E-state index in [1.807, 2.05) is 36.9 Å². The van der Waals surface area contributed by atoms with Crippen LogP contribution in [0.2, 0.25) is 0 Å². The number of ether oxygens (including phenoxy) is 4. The molecule has 0 spiro atoms. The van der Waals surface area contributed by atoms with Crippen LogP contribution >= 0.6 is 0 Å². The van der Waals surface area contributed by atoms with Crippen molar-refractivity contribution in [3.05, 3.63) is 93.4 Å². The molecular weight excluding hydrogens is 821 g/mol. The molecule has 0 bridgehead atoms. The topological polar surface area (TPSA) is 188 Å². The van der Waals surface area contributed by atoms with Crippen LogP contribution in [0.15, 0.2) is 54.1 Å². The Labute approximate surface area is 371 Å². The summed E-state index contributed by atoms with van der Waals surface area (Å²) in [5, 5.41) is 3.10. The molecule has 8 rings (SSSR count). The molecule has 4 aromatic rings. The highest BCUT2D eigenvalue weighted by Gasteiger charge is 2.46. The van der Waals surface area contributed by atoms with Crippen molar-refractivity contribution in [3.8, 4) is 5.75 Å². The van der Waals surface area contributed by atoms with E-state index in [0.717, 1.165) is 91.2 Å². The van der Waals surface area contributed by atoms with E-state index in [1.165, 1.54) is 6.07 Å². The van der Waals surface area contributed by atoms with Gasteiger partial charge in [-0.3, -0.25) is 48.6 Å². The van der Waals surface area contributed by atoms with E-state index in [2.05, 4.69) is 27.8 Å². The number of aryl methyl sites for hydroxylation is 1. The Balaban J connectivity index is 0.693. The average Bonchev–Trinajstić information content (AvgIpc) is 3.90. The number of benzene rings is 1. The van der Waals surface area contributed by atoms with Gasteiger partial charge in [-0.2, -0.15) is 0 Å². The summed E-state index contributed by atoms with van der Waals surface area (Å²) in [7, 11) is 0. The summed E-state index contributed by atoms with van der Waals surface area (Å²) in [5.41, 5.74) is 5.26. The lowest BCUT2D eigenvalue weighted by atomic mass is 10.0. The van der Waals surface area contributed by atoms with Gasteiger partial charge in [-0.15, -0.1) is 0 Å². The van der Waals surface area contributed by atoms with Crippen molar-refractivity contribution in [2.24, 2.45) is 0 Å². The van der Waals surface area contributed by atoms with Crippen molar-refractivity contribution in [3.63, 3.8) is 0 Å². The third-order valence-electron chi connectivity index (χ3n) is 12.5. The van der Waals surface area contributed by atoms with E-state index in [1.54, 1.807) is 12.1 Å². The fraction of sp³-hybridized carbons (Fsp3) is 0.489. The van der Waals surface area contributed by atoms with Gasteiger partial charge in [-0.1, -0.05) is 25.5 Å². The number of nitrogens with one attached hydrogen (secondary N) is 1. The molecule has 17 heteroatoms. The van der Waals surface area contributed by atoms with E-state index in [9.17, 15) is 24.0 Å². The maximum Gasteiger partial charge on any atom is 0.266 e. The number of amides is 4. The predicted molar refractivity (Wildman–Crippen MR) is 238 cm³/mol. The van der Waals surface area contributed by atoms with E-state index >= 15 is 0 Å². The van der Waals surface area contributed by atoms with Gasteiger partial charge in [-0.25, -0.2) is 9.97 Å². The predicted octanol–water partition coefficient (Wildman–Crippen LogP) is 3.89. The largest absolute Gasteiger partial charge is 0.490 e. The van der Waals surface area contributed by atoms with Gasteiger partial charge in [0.1, 0.15) is 29.9 Å². The van der Waals surface area contributed by atoms with Crippen molar-refractivity contribution in [1.82, 2.24) is 34.6 Å². The fourth-order valence-corrected chi connectivity index (χ4v) is 9.11. The lowest BCUT2D eigenvalue weighted by Crippen LogP contribution is -2.54. The van der Waals surface area contributed by atoms with Gasteiger partial charge >= 0.3 is 0 Å². The van der Waals surface area contributed by atoms with Gasteiger partial charge in [-0.05, 0) is 68.5 Å². The molecule has 338 valence electrons. The Morgan fingerprint density at radius 2 is 1.55 bits per heavy atom. The molecule has 4 amide bonds. The number of pyridine rings is 2. The fourth-order valence-electron chi connectivity index (χ4n) is 9.11. The number of carbonyl (C=O) groups is 4. The van der Waals surface area contributed by atoms with Gasteiger partial charge < -0.3 is 23.8 Å². The van der Waals surface area contributed by atoms with Crippen LogP contribution in [0, 0.1) is 6.92 Å². The highest BCUT2D eigenvalue weighted by atomic mass is 16.6. The Morgan fingerprint density at radius 3 is 2.23 bits per heavy atom. The van der Waals surface area contributed by atoms with Crippen molar-refractivity contribution in [1.29, 1.82) is 0 Å². The van der Waals surface area contributed by atoms with Crippen molar-refractivity contribution >= 4 is 45.9 Å². The van der Waals surface area contributed by atoms with Crippen molar-refractivity contribution in [2.75, 3.05) is 83.9 Å². The summed E-state index contributed by atoms with van der Waals surface area (Å²) in [6.07, 6.45) is 8.57. The molecule has 1 atom stereocenters. The maximum absolute atomic E-state index is 13.7. The third-order valence-corrected chi connectivity index (χ3v) is 12.5. The zero-order valence-corrected chi connectivity index (χ0v) is 36.6. The molecule has 1 N–H and O–H groups in total. The minimum Gasteiger partial charge on any atom is -0.490 e. The summed E-state index contributed by atoms with van der Waals surface area (Å²) in [5.74, 6) is -1.40. The number of aromatic nitrogens is 4. The summed E-state index contributed by atoms with van der Waals surface area (Å²) in [4.78, 5) is 84.0. The average molecular weight is 877 g/mol. The maximum atomic E-state index is 13.7. The van der Waals surface area contributed by atoms with Gasteiger partial charge in [0.15, 0.2) is 0 Å². The van der Waals surface area contributed by atoms with Gasteiger partial charge in [0.25, 0.3) is 17.4 Å². The van der Waals surface area contributed by atoms with Crippen LogP contribution < -0.4 is 20.5 Å². The Morgan fingerprint density at radius 1 is 0.828 bits per heavy atom. The lowest BCUT2D eigenvalue weighted by molar-refractivity contribution is -0.136. The SMILES string of the molecule is C=C(C)c1c(C)c2cnc(Cc3ccc(N4CCN(CCOCCOCCOCCOc5cccc6c5C(=O)N(C5CCC(=O)NC5=O)C6=O)CC4)cn3)nc2n(C2CCCC2)c1=O. The minimum absolute atomic E-state index is 0.00316. The second-order valence-electron chi connectivity index (χ2n) is 16.7. The van der Waals surface area contributed by atoms with Crippen LogP contribution in [0.25, 0.3) is 16.6 Å². The number of carbonyl (C=O) groups excluding carboxylic acids is 4. The number of hydrogen-bond donors (Lipinski definition) is 1. The number of fused-ring (bicyclic) bond motifs is 2. The van der Waals surface area contributed by atoms with Gasteiger partial charge in [0.2, 0.25) is 11.8 Å². The van der Waals surface area contributed by atoms with Crippen molar-refractivity contribution < 1.29 is 38.1 Å². The smallest absolute Gasteiger partial charge is 0.266 e. The van der Waals surface area contributed by atoms with Crippen molar-refractivity contribution in [2.45, 2.75) is 70.9 Å². The van der Waals surface area contributed by atoms with Crippen LogP contribution in [0.1, 0.15) is 94.9 Å². The molecule has 3 aliphatic heterocycles. The molecule has 1 aliphatic carbocycles. The quantitative estimate of drug-likeness (QED) is 0.106.